The predicted octanol–water partition coefficient (Wildman–Crippen LogP) is 0.733. The van der Waals surface area contributed by atoms with Gasteiger partial charge < -0.3 is 16.4 Å². The summed E-state index contributed by atoms with van der Waals surface area (Å²) in [6.45, 7) is 0.191. The Balaban J connectivity index is 1.95. The van der Waals surface area contributed by atoms with Crippen molar-refractivity contribution in [1.82, 2.24) is 10.6 Å². The molecule has 0 spiro atoms. The molecule has 1 saturated heterocycles. The van der Waals surface area contributed by atoms with Gasteiger partial charge in [0.05, 0.1) is 11.1 Å². The van der Waals surface area contributed by atoms with Gasteiger partial charge in [0, 0.05) is 18.7 Å². The number of carbonyl (C=O) groups excluding carboxylic acids is 1. The van der Waals surface area contributed by atoms with Crippen LogP contribution in [0.4, 0.5) is 8.78 Å². The first kappa shape index (κ1) is 14.2. The van der Waals surface area contributed by atoms with Crippen molar-refractivity contribution in [3.8, 4) is 0 Å². The van der Waals surface area contributed by atoms with E-state index in [0.717, 1.165) is 0 Å². The second-order valence-electron chi connectivity index (χ2n) is 4.42. The number of benzene rings is 1. The molecule has 1 aromatic rings. The molecule has 0 radical (unpaired) electrons. The maximum absolute atomic E-state index is 13.6. The van der Waals surface area contributed by atoms with E-state index in [0.29, 0.717) is 0 Å². The Morgan fingerprint density at radius 2 is 2.32 bits per heavy atom. The van der Waals surface area contributed by atoms with Crippen LogP contribution >= 0.6 is 11.6 Å². The third-order valence-corrected chi connectivity index (χ3v) is 3.36. The molecule has 1 amide bonds. The highest BCUT2D eigenvalue weighted by Gasteiger charge is 2.38. The van der Waals surface area contributed by atoms with Crippen LogP contribution in [-0.2, 0) is 11.3 Å². The van der Waals surface area contributed by atoms with E-state index < -0.39 is 30.0 Å². The molecule has 104 valence electrons. The monoisotopic (exact) mass is 289 g/mol. The first-order chi connectivity index (χ1) is 9.00. The molecule has 4 N–H and O–H groups in total. The van der Waals surface area contributed by atoms with E-state index in [4.69, 9.17) is 17.3 Å². The Bertz CT molecular complexity index is 486. The summed E-state index contributed by atoms with van der Waals surface area (Å²) in [5.74, 6) is -1.13. The van der Waals surface area contributed by atoms with Crippen LogP contribution in [-0.4, -0.2) is 30.7 Å². The molecule has 4 nitrogen and oxygen atoms in total. The van der Waals surface area contributed by atoms with Gasteiger partial charge >= 0.3 is 0 Å². The first-order valence-corrected chi connectivity index (χ1v) is 6.22. The Morgan fingerprint density at radius 3 is 2.95 bits per heavy atom. The minimum atomic E-state index is -1.44. The Kier molecular flexibility index (Phi) is 4.34. The van der Waals surface area contributed by atoms with Gasteiger partial charge in [-0.2, -0.15) is 0 Å². The van der Waals surface area contributed by atoms with Crippen molar-refractivity contribution in [2.75, 3.05) is 6.54 Å². The lowest BCUT2D eigenvalue weighted by molar-refractivity contribution is -0.124. The van der Waals surface area contributed by atoms with Gasteiger partial charge in [0.1, 0.15) is 18.0 Å². The minimum absolute atomic E-state index is 0.0175. The van der Waals surface area contributed by atoms with Gasteiger partial charge in [-0.25, -0.2) is 8.78 Å². The number of amides is 1. The predicted molar refractivity (Wildman–Crippen MR) is 67.9 cm³/mol. The molecule has 3 atom stereocenters. The number of halogens is 3. The van der Waals surface area contributed by atoms with Crippen molar-refractivity contribution < 1.29 is 13.6 Å². The molecule has 19 heavy (non-hydrogen) atoms. The minimum Gasteiger partial charge on any atom is -0.350 e. The van der Waals surface area contributed by atoms with Crippen LogP contribution in [0.2, 0.25) is 5.02 Å². The highest BCUT2D eigenvalue weighted by atomic mass is 35.5. The summed E-state index contributed by atoms with van der Waals surface area (Å²) in [6, 6.07) is 2.81. The molecule has 1 fully saturated rings. The summed E-state index contributed by atoms with van der Waals surface area (Å²) in [4.78, 5) is 11.7. The normalized spacial score (nSPS) is 26.4. The summed E-state index contributed by atoms with van der Waals surface area (Å²) in [7, 11) is 0. The van der Waals surface area contributed by atoms with Crippen molar-refractivity contribution >= 4 is 17.5 Å². The molecule has 0 aromatic heterocycles. The molecule has 0 aliphatic carbocycles. The smallest absolute Gasteiger partial charge is 0.240 e. The van der Waals surface area contributed by atoms with Crippen LogP contribution in [0.1, 0.15) is 5.56 Å². The second kappa shape index (κ2) is 5.81. The number of hydrogen-bond acceptors (Lipinski definition) is 3. The topological polar surface area (TPSA) is 67.1 Å². The lowest BCUT2D eigenvalue weighted by atomic mass is 10.1. The van der Waals surface area contributed by atoms with Gasteiger partial charge in [0.25, 0.3) is 0 Å². The number of nitrogens with one attached hydrogen (secondary N) is 2. The summed E-state index contributed by atoms with van der Waals surface area (Å²) in [5.41, 5.74) is 5.71. The van der Waals surface area contributed by atoms with E-state index in [9.17, 15) is 13.6 Å². The zero-order chi connectivity index (χ0) is 14.0. The zero-order valence-corrected chi connectivity index (χ0v) is 10.8. The van der Waals surface area contributed by atoms with Crippen LogP contribution < -0.4 is 16.4 Å². The van der Waals surface area contributed by atoms with Gasteiger partial charge in [0.15, 0.2) is 0 Å². The first-order valence-electron chi connectivity index (χ1n) is 5.84. The van der Waals surface area contributed by atoms with Crippen molar-refractivity contribution in [2.45, 2.75) is 24.8 Å². The van der Waals surface area contributed by atoms with E-state index in [2.05, 4.69) is 10.6 Å². The molecule has 1 aliphatic heterocycles. The van der Waals surface area contributed by atoms with Gasteiger partial charge in [-0.05, 0) is 6.07 Å². The largest absolute Gasteiger partial charge is 0.350 e. The molecule has 0 saturated carbocycles. The Hall–Kier alpha value is -1.24. The zero-order valence-electron chi connectivity index (χ0n) is 10.00. The number of hydrogen-bond donors (Lipinski definition) is 3. The number of nitrogens with two attached hydrogens (primary N) is 1. The summed E-state index contributed by atoms with van der Waals surface area (Å²) in [5, 5.41) is 5.13. The number of carbonyl (C=O) groups is 1. The highest BCUT2D eigenvalue weighted by molar-refractivity contribution is 6.30. The van der Waals surface area contributed by atoms with Crippen molar-refractivity contribution in [1.29, 1.82) is 0 Å². The second-order valence-corrected chi connectivity index (χ2v) is 4.83. The van der Waals surface area contributed by atoms with Crippen LogP contribution in [0.3, 0.4) is 0 Å². The van der Waals surface area contributed by atoms with Crippen LogP contribution in [0.25, 0.3) is 0 Å². The Labute approximate surface area is 114 Å². The number of alkyl halides is 1. The fraction of sp³-hybridized carbons (Fsp3) is 0.417. The van der Waals surface area contributed by atoms with Crippen molar-refractivity contribution in [3.05, 3.63) is 34.6 Å². The maximum atomic E-state index is 13.6. The number of rotatable bonds is 3. The molecular formula is C12H14ClF2N3O. The van der Waals surface area contributed by atoms with Gasteiger partial charge in [0.2, 0.25) is 5.91 Å². The lowest BCUT2D eigenvalue weighted by Crippen LogP contribution is -2.45. The lowest BCUT2D eigenvalue weighted by Gasteiger charge is -2.14. The van der Waals surface area contributed by atoms with Crippen molar-refractivity contribution in [2.24, 2.45) is 5.73 Å². The fourth-order valence-electron chi connectivity index (χ4n) is 1.95. The van der Waals surface area contributed by atoms with E-state index >= 15 is 0 Å². The fourth-order valence-corrected chi connectivity index (χ4v) is 2.14. The molecule has 0 bridgehead atoms. The molecule has 1 aromatic carbocycles. The maximum Gasteiger partial charge on any atom is 0.240 e. The molecule has 1 aliphatic rings. The van der Waals surface area contributed by atoms with Crippen molar-refractivity contribution in [3.63, 3.8) is 0 Å². The average molecular weight is 290 g/mol. The van der Waals surface area contributed by atoms with Crippen LogP contribution in [0.15, 0.2) is 18.2 Å². The summed E-state index contributed by atoms with van der Waals surface area (Å²) < 4.78 is 27.1. The third-order valence-electron chi connectivity index (χ3n) is 3.07. The molecule has 0 unspecified atom stereocenters. The summed E-state index contributed by atoms with van der Waals surface area (Å²) >= 11 is 5.62. The van der Waals surface area contributed by atoms with Crippen LogP contribution in [0, 0.1) is 5.82 Å². The van der Waals surface area contributed by atoms with Gasteiger partial charge in [-0.15, -0.1) is 0 Å². The SMILES string of the molecule is N[C@@H]1CN[C@H](C(=O)NCc2cccc(Cl)c2F)[C@H]1F. The average Bonchev–Trinajstić information content (AvgIpc) is 2.72. The van der Waals surface area contributed by atoms with Gasteiger partial charge in [-0.3, -0.25) is 4.79 Å². The molecule has 2 rings (SSSR count). The highest BCUT2D eigenvalue weighted by Crippen LogP contribution is 2.18. The van der Waals surface area contributed by atoms with E-state index in [1.54, 1.807) is 6.07 Å². The van der Waals surface area contributed by atoms with E-state index in [1.807, 2.05) is 0 Å². The molecular weight excluding hydrogens is 276 g/mol. The quantitative estimate of drug-likeness (QED) is 0.769. The van der Waals surface area contributed by atoms with Gasteiger partial charge in [-0.1, -0.05) is 23.7 Å². The van der Waals surface area contributed by atoms with E-state index in [1.165, 1.54) is 12.1 Å². The molecule has 7 heteroatoms. The van der Waals surface area contributed by atoms with E-state index in [-0.39, 0.29) is 23.7 Å². The molecule has 1 heterocycles. The standard InChI is InChI=1S/C12H14ClF2N3O/c13-7-3-1-2-6(9(7)14)4-18-12(19)11-10(15)8(16)5-17-11/h1-3,8,10-11,17H,4-5,16H2,(H,18,19)/t8-,10+,11+/m1/s1. The Morgan fingerprint density at radius 1 is 1.58 bits per heavy atom. The summed E-state index contributed by atoms with van der Waals surface area (Å²) in [6.07, 6.45) is -1.44. The third kappa shape index (κ3) is 3.02. The van der Waals surface area contributed by atoms with Crippen LogP contribution in [0.5, 0.6) is 0 Å².